The predicted octanol–water partition coefficient (Wildman–Crippen LogP) is 3.68. The molecule has 0 saturated carbocycles. The Balaban J connectivity index is 2.58. The molecule has 0 bridgehead atoms. The first-order valence-electron chi connectivity index (χ1n) is 6.13. The van der Waals surface area contributed by atoms with Crippen molar-refractivity contribution in [2.75, 3.05) is 5.32 Å². The Labute approximate surface area is 114 Å². The molecule has 1 aromatic rings. The molecule has 0 unspecified atom stereocenters. The smallest absolute Gasteiger partial charge is 0.229 e. The largest absolute Gasteiger partial charge is 0.326 e. The summed E-state index contributed by atoms with van der Waals surface area (Å²) in [6.07, 6.45) is 0. The zero-order chi connectivity index (χ0) is 13.8. The van der Waals surface area contributed by atoms with E-state index in [0.717, 1.165) is 10.6 Å². The van der Waals surface area contributed by atoms with Crippen molar-refractivity contribution in [2.24, 2.45) is 5.41 Å². The van der Waals surface area contributed by atoms with Crippen LogP contribution in [-0.2, 0) is 4.79 Å². The standard InChI is InChI=1S/C14H22N2OS/c1-10(2)16-18-12-8-6-11(7-9-12)15-13(17)14(3,4)5/h6-10,16H,1-5H3,(H,15,17). The number of rotatable bonds is 4. The number of amides is 1. The molecule has 0 atom stereocenters. The number of anilines is 1. The third kappa shape index (κ3) is 5.10. The quantitative estimate of drug-likeness (QED) is 0.817. The number of carbonyl (C=O) groups excluding carboxylic acids is 1. The van der Waals surface area contributed by atoms with Gasteiger partial charge in [0.15, 0.2) is 0 Å². The third-order valence-corrected chi connectivity index (χ3v) is 3.30. The Bertz CT molecular complexity index is 393. The van der Waals surface area contributed by atoms with E-state index < -0.39 is 0 Å². The molecular weight excluding hydrogens is 244 g/mol. The first-order chi connectivity index (χ1) is 8.29. The van der Waals surface area contributed by atoms with Crippen LogP contribution in [0, 0.1) is 5.41 Å². The van der Waals surface area contributed by atoms with Crippen LogP contribution in [0.1, 0.15) is 34.6 Å². The van der Waals surface area contributed by atoms with Gasteiger partial charge in [0.05, 0.1) is 0 Å². The molecule has 1 rings (SSSR count). The highest BCUT2D eigenvalue weighted by atomic mass is 32.2. The van der Waals surface area contributed by atoms with Crippen LogP contribution < -0.4 is 10.0 Å². The van der Waals surface area contributed by atoms with Crippen LogP contribution in [0.4, 0.5) is 5.69 Å². The molecule has 0 radical (unpaired) electrons. The van der Waals surface area contributed by atoms with Gasteiger partial charge in [0.25, 0.3) is 0 Å². The van der Waals surface area contributed by atoms with E-state index in [4.69, 9.17) is 0 Å². The minimum Gasteiger partial charge on any atom is -0.326 e. The molecule has 0 aliphatic carbocycles. The minimum atomic E-state index is -0.368. The van der Waals surface area contributed by atoms with Crippen LogP contribution in [-0.4, -0.2) is 11.9 Å². The zero-order valence-electron chi connectivity index (χ0n) is 11.7. The molecule has 2 N–H and O–H groups in total. The molecule has 3 nitrogen and oxygen atoms in total. The molecule has 1 aromatic carbocycles. The normalized spacial score (nSPS) is 11.7. The van der Waals surface area contributed by atoms with Crippen molar-refractivity contribution in [1.29, 1.82) is 0 Å². The summed E-state index contributed by atoms with van der Waals surface area (Å²) in [5.41, 5.74) is 0.468. The summed E-state index contributed by atoms with van der Waals surface area (Å²) in [5, 5.41) is 2.91. The van der Waals surface area contributed by atoms with Crippen LogP contribution in [0.3, 0.4) is 0 Å². The summed E-state index contributed by atoms with van der Waals surface area (Å²) < 4.78 is 3.28. The van der Waals surface area contributed by atoms with Gasteiger partial charge in [-0.05, 0) is 50.1 Å². The van der Waals surface area contributed by atoms with Gasteiger partial charge in [0, 0.05) is 22.0 Å². The molecular formula is C14H22N2OS. The Kier molecular flexibility index (Phi) is 5.23. The van der Waals surface area contributed by atoms with Gasteiger partial charge in [0.2, 0.25) is 5.91 Å². The molecule has 0 aromatic heterocycles. The Morgan fingerprint density at radius 2 is 1.72 bits per heavy atom. The van der Waals surface area contributed by atoms with Crippen molar-refractivity contribution >= 4 is 23.5 Å². The van der Waals surface area contributed by atoms with E-state index in [1.165, 1.54) is 0 Å². The van der Waals surface area contributed by atoms with E-state index in [2.05, 4.69) is 23.9 Å². The monoisotopic (exact) mass is 266 g/mol. The highest BCUT2D eigenvalue weighted by Gasteiger charge is 2.20. The van der Waals surface area contributed by atoms with Gasteiger partial charge in [-0.2, -0.15) is 0 Å². The maximum Gasteiger partial charge on any atom is 0.229 e. The van der Waals surface area contributed by atoms with Crippen LogP contribution in [0.2, 0.25) is 0 Å². The van der Waals surface area contributed by atoms with Gasteiger partial charge in [-0.25, -0.2) is 0 Å². The fraction of sp³-hybridized carbons (Fsp3) is 0.500. The number of nitrogens with one attached hydrogen (secondary N) is 2. The van der Waals surface area contributed by atoms with Gasteiger partial charge >= 0.3 is 0 Å². The molecule has 18 heavy (non-hydrogen) atoms. The fourth-order valence-electron chi connectivity index (χ4n) is 1.11. The molecule has 100 valence electrons. The van der Waals surface area contributed by atoms with E-state index in [1.54, 1.807) is 11.9 Å². The average Bonchev–Trinajstić information content (AvgIpc) is 2.26. The van der Waals surface area contributed by atoms with Crippen LogP contribution in [0.5, 0.6) is 0 Å². The van der Waals surface area contributed by atoms with Gasteiger partial charge in [-0.15, -0.1) is 0 Å². The molecule has 0 saturated heterocycles. The first-order valence-corrected chi connectivity index (χ1v) is 6.94. The van der Waals surface area contributed by atoms with E-state index in [-0.39, 0.29) is 11.3 Å². The maximum atomic E-state index is 11.8. The van der Waals surface area contributed by atoms with E-state index in [9.17, 15) is 4.79 Å². The Morgan fingerprint density at radius 3 is 2.17 bits per heavy atom. The predicted molar refractivity (Wildman–Crippen MR) is 78.7 cm³/mol. The molecule has 0 aliphatic heterocycles. The zero-order valence-corrected chi connectivity index (χ0v) is 12.5. The summed E-state index contributed by atoms with van der Waals surface area (Å²) in [4.78, 5) is 12.9. The first kappa shape index (κ1) is 15.1. The van der Waals surface area contributed by atoms with Crippen molar-refractivity contribution in [3.8, 4) is 0 Å². The number of carbonyl (C=O) groups is 1. The number of hydrogen-bond acceptors (Lipinski definition) is 3. The molecule has 1 amide bonds. The third-order valence-electron chi connectivity index (χ3n) is 2.21. The molecule has 0 spiro atoms. The molecule has 0 fully saturated rings. The van der Waals surface area contributed by atoms with E-state index in [1.807, 2.05) is 45.0 Å². The van der Waals surface area contributed by atoms with Crippen molar-refractivity contribution < 1.29 is 4.79 Å². The summed E-state index contributed by atoms with van der Waals surface area (Å²) in [6.45, 7) is 9.91. The van der Waals surface area contributed by atoms with Crippen molar-refractivity contribution in [3.05, 3.63) is 24.3 Å². The van der Waals surface area contributed by atoms with Crippen LogP contribution in [0.15, 0.2) is 29.2 Å². The molecule has 0 heterocycles. The number of benzene rings is 1. The summed E-state index contributed by atoms with van der Waals surface area (Å²) >= 11 is 1.60. The van der Waals surface area contributed by atoms with Crippen molar-refractivity contribution in [1.82, 2.24) is 4.72 Å². The fourth-order valence-corrected chi connectivity index (χ4v) is 1.75. The average molecular weight is 266 g/mol. The highest BCUT2D eigenvalue weighted by molar-refractivity contribution is 7.97. The van der Waals surface area contributed by atoms with Crippen LogP contribution >= 0.6 is 11.9 Å². The minimum absolute atomic E-state index is 0.0307. The van der Waals surface area contributed by atoms with E-state index >= 15 is 0 Å². The Morgan fingerprint density at radius 1 is 1.17 bits per heavy atom. The van der Waals surface area contributed by atoms with Gasteiger partial charge in [-0.3, -0.25) is 9.52 Å². The van der Waals surface area contributed by atoms with Gasteiger partial charge in [-0.1, -0.05) is 20.8 Å². The summed E-state index contributed by atoms with van der Waals surface area (Å²) in [6, 6.07) is 8.29. The second-order valence-corrected chi connectivity index (χ2v) is 6.51. The topological polar surface area (TPSA) is 41.1 Å². The molecule has 4 heteroatoms. The lowest BCUT2D eigenvalue weighted by Crippen LogP contribution is -2.27. The lowest BCUT2D eigenvalue weighted by Gasteiger charge is -2.17. The summed E-state index contributed by atoms with van der Waals surface area (Å²) in [5.74, 6) is 0.0307. The summed E-state index contributed by atoms with van der Waals surface area (Å²) in [7, 11) is 0. The maximum absolute atomic E-state index is 11.8. The second-order valence-electron chi connectivity index (χ2n) is 5.60. The second kappa shape index (κ2) is 6.25. The number of hydrogen-bond donors (Lipinski definition) is 2. The lowest BCUT2D eigenvalue weighted by atomic mass is 9.95. The van der Waals surface area contributed by atoms with Crippen molar-refractivity contribution in [3.63, 3.8) is 0 Å². The van der Waals surface area contributed by atoms with Crippen LogP contribution in [0.25, 0.3) is 0 Å². The van der Waals surface area contributed by atoms with E-state index in [0.29, 0.717) is 6.04 Å². The van der Waals surface area contributed by atoms with Gasteiger partial charge in [0.1, 0.15) is 0 Å². The SMILES string of the molecule is CC(C)NSc1ccc(NC(=O)C(C)(C)C)cc1. The molecule has 0 aliphatic rings. The lowest BCUT2D eigenvalue weighted by molar-refractivity contribution is -0.123. The van der Waals surface area contributed by atoms with Crippen molar-refractivity contribution in [2.45, 2.75) is 45.6 Å². The highest BCUT2D eigenvalue weighted by Crippen LogP contribution is 2.21. The van der Waals surface area contributed by atoms with Gasteiger partial charge < -0.3 is 5.32 Å². The Hall–Kier alpha value is -1.00.